The summed E-state index contributed by atoms with van der Waals surface area (Å²) in [7, 11) is 0. The van der Waals surface area contributed by atoms with Crippen LogP contribution in [0.4, 0.5) is 0 Å². The first-order chi connectivity index (χ1) is 9.13. The minimum absolute atomic E-state index is 0.0339. The maximum atomic E-state index is 8.76. The molecule has 19 heavy (non-hydrogen) atoms. The summed E-state index contributed by atoms with van der Waals surface area (Å²) in [6.45, 7) is 3.97. The number of pyridine rings is 1. The second kappa shape index (κ2) is 5.39. The van der Waals surface area contributed by atoms with Gasteiger partial charge < -0.3 is 15.7 Å². The molecule has 5 nitrogen and oxygen atoms in total. The van der Waals surface area contributed by atoms with Gasteiger partial charge in [-0.2, -0.15) is 0 Å². The molecule has 3 N–H and O–H groups in total. The lowest BCUT2D eigenvalue weighted by Gasteiger charge is -2.12. The van der Waals surface area contributed by atoms with Crippen molar-refractivity contribution in [2.75, 3.05) is 0 Å². The van der Waals surface area contributed by atoms with Gasteiger partial charge in [0.2, 0.25) is 5.88 Å². The first kappa shape index (κ1) is 12.9. The number of rotatable bonds is 3. The Balaban J connectivity index is 2.42. The van der Waals surface area contributed by atoms with Crippen molar-refractivity contribution in [3.8, 4) is 11.6 Å². The van der Waals surface area contributed by atoms with Crippen LogP contribution in [0.2, 0.25) is 0 Å². The molecule has 0 unspecified atom stereocenters. The number of ether oxygens (including phenoxy) is 1. The lowest BCUT2D eigenvalue weighted by Crippen LogP contribution is -2.14. The Bertz CT molecular complexity index is 624. The third-order valence-corrected chi connectivity index (χ3v) is 2.92. The molecule has 2 rings (SSSR count). The predicted octanol–water partition coefficient (Wildman–Crippen LogP) is 2.59. The minimum atomic E-state index is -0.0339. The van der Waals surface area contributed by atoms with Crippen molar-refractivity contribution in [2.45, 2.75) is 13.8 Å². The van der Waals surface area contributed by atoms with Crippen LogP contribution in [0.1, 0.15) is 16.7 Å². The van der Waals surface area contributed by atoms with E-state index >= 15 is 0 Å². The molecular weight excluding hydrogens is 242 g/mol. The van der Waals surface area contributed by atoms with Gasteiger partial charge in [0.05, 0.1) is 5.56 Å². The maximum absolute atomic E-state index is 8.76. The monoisotopic (exact) mass is 257 g/mol. The Morgan fingerprint density at radius 2 is 2.05 bits per heavy atom. The molecule has 1 heterocycles. The Morgan fingerprint density at radius 3 is 2.79 bits per heavy atom. The topological polar surface area (TPSA) is 80.7 Å². The van der Waals surface area contributed by atoms with Crippen LogP contribution in [0.15, 0.2) is 41.7 Å². The van der Waals surface area contributed by atoms with Gasteiger partial charge in [-0.3, -0.25) is 0 Å². The highest BCUT2D eigenvalue weighted by Crippen LogP contribution is 2.27. The van der Waals surface area contributed by atoms with Crippen LogP contribution in [-0.2, 0) is 0 Å². The summed E-state index contributed by atoms with van der Waals surface area (Å²) < 4.78 is 5.76. The average molecular weight is 257 g/mol. The van der Waals surface area contributed by atoms with E-state index in [1.807, 2.05) is 32.0 Å². The molecule has 0 spiro atoms. The van der Waals surface area contributed by atoms with Gasteiger partial charge in [-0.15, -0.1) is 0 Å². The number of aromatic nitrogens is 1. The Labute approximate surface area is 111 Å². The van der Waals surface area contributed by atoms with Crippen LogP contribution in [-0.4, -0.2) is 16.0 Å². The molecule has 0 bridgehead atoms. The number of hydrogen-bond donors (Lipinski definition) is 2. The SMILES string of the molecule is Cc1cccc(Oc2ncccc2/C(N)=N/O)c1C. The van der Waals surface area contributed by atoms with Gasteiger partial charge in [-0.1, -0.05) is 17.3 Å². The molecule has 2 aromatic rings. The number of benzene rings is 1. The van der Waals surface area contributed by atoms with E-state index in [-0.39, 0.29) is 5.84 Å². The van der Waals surface area contributed by atoms with Gasteiger partial charge in [-0.25, -0.2) is 4.98 Å². The quantitative estimate of drug-likeness (QED) is 0.383. The van der Waals surface area contributed by atoms with E-state index in [0.717, 1.165) is 11.1 Å². The van der Waals surface area contributed by atoms with E-state index in [9.17, 15) is 0 Å². The number of nitrogens with zero attached hydrogens (tertiary/aromatic N) is 2. The van der Waals surface area contributed by atoms with Gasteiger partial charge >= 0.3 is 0 Å². The maximum Gasteiger partial charge on any atom is 0.230 e. The van der Waals surface area contributed by atoms with Crippen LogP contribution in [0, 0.1) is 13.8 Å². The van der Waals surface area contributed by atoms with Crippen LogP contribution >= 0.6 is 0 Å². The first-order valence-electron chi connectivity index (χ1n) is 5.80. The normalized spacial score (nSPS) is 11.4. The Morgan fingerprint density at radius 1 is 1.26 bits per heavy atom. The number of oxime groups is 1. The summed E-state index contributed by atoms with van der Waals surface area (Å²) >= 11 is 0. The van der Waals surface area contributed by atoms with Crippen molar-refractivity contribution >= 4 is 5.84 Å². The third kappa shape index (κ3) is 2.65. The second-order valence-corrected chi connectivity index (χ2v) is 4.14. The van der Waals surface area contributed by atoms with Gasteiger partial charge in [0, 0.05) is 6.20 Å². The molecular formula is C14H15N3O2. The van der Waals surface area contributed by atoms with Gasteiger partial charge in [-0.05, 0) is 43.2 Å². The van der Waals surface area contributed by atoms with Gasteiger partial charge in [0.25, 0.3) is 0 Å². The molecule has 0 aliphatic rings. The first-order valence-corrected chi connectivity index (χ1v) is 5.80. The smallest absolute Gasteiger partial charge is 0.230 e. The molecule has 0 amide bonds. The molecule has 1 aromatic carbocycles. The fraction of sp³-hybridized carbons (Fsp3) is 0.143. The van der Waals surface area contributed by atoms with E-state index in [0.29, 0.717) is 17.2 Å². The van der Waals surface area contributed by atoms with Crippen molar-refractivity contribution in [2.24, 2.45) is 10.9 Å². The number of nitrogens with two attached hydrogens (primary N) is 1. The molecule has 0 saturated heterocycles. The zero-order valence-electron chi connectivity index (χ0n) is 10.8. The molecule has 1 aromatic heterocycles. The molecule has 98 valence electrons. The molecule has 0 aliphatic carbocycles. The average Bonchev–Trinajstić information content (AvgIpc) is 2.43. The highest BCUT2D eigenvalue weighted by Gasteiger charge is 2.11. The highest BCUT2D eigenvalue weighted by molar-refractivity contribution is 5.99. The second-order valence-electron chi connectivity index (χ2n) is 4.14. The van der Waals surface area contributed by atoms with Gasteiger partial charge in [0.1, 0.15) is 5.75 Å². The molecule has 0 saturated carbocycles. The number of amidine groups is 1. The standard InChI is InChI=1S/C14H15N3O2/c1-9-5-3-7-12(10(9)2)19-14-11(13(15)17-18)6-4-8-16-14/h3-8,18H,1-2H3,(H2,15,17). The fourth-order valence-electron chi connectivity index (χ4n) is 1.66. The van der Waals surface area contributed by atoms with Crippen LogP contribution in [0.5, 0.6) is 11.6 Å². The van der Waals surface area contributed by atoms with Crippen molar-refractivity contribution in [3.63, 3.8) is 0 Å². The van der Waals surface area contributed by atoms with Crippen LogP contribution < -0.4 is 10.5 Å². The molecule has 5 heteroatoms. The number of hydrogen-bond acceptors (Lipinski definition) is 4. The van der Waals surface area contributed by atoms with E-state index < -0.39 is 0 Å². The predicted molar refractivity (Wildman–Crippen MR) is 72.7 cm³/mol. The molecule has 0 fully saturated rings. The highest BCUT2D eigenvalue weighted by atomic mass is 16.5. The zero-order valence-corrected chi connectivity index (χ0v) is 10.8. The largest absolute Gasteiger partial charge is 0.438 e. The van der Waals surface area contributed by atoms with E-state index in [1.54, 1.807) is 18.3 Å². The lowest BCUT2D eigenvalue weighted by molar-refractivity contribution is 0.318. The molecule has 0 atom stereocenters. The summed E-state index contributed by atoms with van der Waals surface area (Å²) in [5.74, 6) is 0.977. The van der Waals surface area contributed by atoms with E-state index in [4.69, 9.17) is 15.7 Å². The summed E-state index contributed by atoms with van der Waals surface area (Å²) in [6.07, 6.45) is 1.59. The van der Waals surface area contributed by atoms with Crippen molar-refractivity contribution in [3.05, 3.63) is 53.2 Å². The number of aryl methyl sites for hydroxylation is 1. The van der Waals surface area contributed by atoms with E-state index in [2.05, 4.69) is 10.1 Å². The van der Waals surface area contributed by atoms with Crippen LogP contribution in [0.3, 0.4) is 0 Å². The zero-order chi connectivity index (χ0) is 13.8. The summed E-state index contributed by atoms with van der Waals surface area (Å²) in [5, 5.41) is 11.7. The van der Waals surface area contributed by atoms with Crippen molar-refractivity contribution in [1.82, 2.24) is 4.98 Å². The van der Waals surface area contributed by atoms with Crippen molar-refractivity contribution in [1.29, 1.82) is 0 Å². The summed E-state index contributed by atoms with van der Waals surface area (Å²) in [4.78, 5) is 4.12. The lowest BCUT2D eigenvalue weighted by atomic mass is 10.1. The fourth-order valence-corrected chi connectivity index (χ4v) is 1.66. The molecule has 0 radical (unpaired) electrons. The van der Waals surface area contributed by atoms with Gasteiger partial charge in [0.15, 0.2) is 5.84 Å². The summed E-state index contributed by atoms with van der Waals surface area (Å²) in [5.41, 5.74) is 8.20. The minimum Gasteiger partial charge on any atom is -0.438 e. The van der Waals surface area contributed by atoms with Crippen molar-refractivity contribution < 1.29 is 9.94 Å². The Hall–Kier alpha value is -2.56. The van der Waals surface area contributed by atoms with E-state index in [1.165, 1.54) is 0 Å². The molecule has 0 aliphatic heterocycles. The third-order valence-electron chi connectivity index (χ3n) is 2.92. The van der Waals surface area contributed by atoms with Crippen LogP contribution in [0.25, 0.3) is 0 Å². The summed E-state index contributed by atoms with van der Waals surface area (Å²) in [6, 6.07) is 9.15. The Kier molecular flexibility index (Phi) is 3.66.